The van der Waals surface area contributed by atoms with E-state index in [-0.39, 0.29) is 24.7 Å². The number of aryl methyl sites for hydroxylation is 1. The molecule has 152 valence electrons. The summed E-state index contributed by atoms with van der Waals surface area (Å²) in [5.74, 6) is -0.00807. The van der Waals surface area contributed by atoms with Crippen molar-refractivity contribution in [1.29, 1.82) is 0 Å². The first-order chi connectivity index (χ1) is 13.2. The molecule has 1 amide bonds. The van der Waals surface area contributed by atoms with Gasteiger partial charge in [-0.05, 0) is 44.2 Å². The smallest absolute Gasteiger partial charge is 0.416 e. The lowest BCUT2D eigenvalue weighted by molar-refractivity contribution is -0.137. The molecule has 0 saturated carbocycles. The molecule has 2 rings (SSSR count). The van der Waals surface area contributed by atoms with Gasteiger partial charge < -0.3 is 19.5 Å². The molecule has 1 unspecified atom stereocenters. The van der Waals surface area contributed by atoms with Crippen LogP contribution in [0.25, 0.3) is 0 Å². The van der Waals surface area contributed by atoms with Crippen LogP contribution >= 0.6 is 0 Å². The van der Waals surface area contributed by atoms with Crippen molar-refractivity contribution in [2.75, 3.05) is 25.6 Å². The quantitative estimate of drug-likeness (QED) is 0.669. The summed E-state index contributed by atoms with van der Waals surface area (Å²) in [5.41, 5.74) is 0.0514. The number of methoxy groups -OCH3 is 1. The molecule has 2 aromatic rings. The first kappa shape index (κ1) is 21.6. The van der Waals surface area contributed by atoms with Gasteiger partial charge in [0.1, 0.15) is 18.1 Å². The number of alkyl halides is 3. The number of hydrogen-bond donors (Lipinski definition) is 1. The van der Waals surface area contributed by atoms with E-state index in [1.807, 2.05) is 19.1 Å². The number of carbonyl (C=O) groups excluding carboxylic acids is 1. The molecule has 0 aliphatic carbocycles. The molecule has 0 aromatic heterocycles. The predicted octanol–water partition coefficient (Wildman–Crippen LogP) is 4.45. The van der Waals surface area contributed by atoms with E-state index in [2.05, 4.69) is 5.32 Å². The van der Waals surface area contributed by atoms with E-state index >= 15 is 0 Å². The normalized spacial score (nSPS) is 12.4. The average molecular weight is 397 g/mol. The number of amides is 1. The lowest BCUT2D eigenvalue weighted by Gasteiger charge is -2.18. The molecule has 8 heteroatoms. The van der Waals surface area contributed by atoms with Gasteiger partial charge in [0.2, 0.25) is 0 Å². The van der Waals surface area contributed by atoms with Crippen molar-refractivity contribution < 1.29 is 32.2 Å². The fourth-order valence-corrected chi connectivity index (χ4v) is 2.27. The molecule has 0 heterocycles. The summed E-state index contributed by atoms with van der Waals surface area (Å²) >= 11 is 0. The third kappa shape index (κ3) is 6.16. The maximum Gasteiger partial charge on any atom is 0.416 e. The van der Waals surface area contributed by atoms with Gasteiger partial charge in [0.25, 0.3) is 5.91 Å². The minimum absolute atomic E-state index is 0.0877. The standard InChI is InChI=1S/C20H22F3NO4/c1-13-4-7-16(8-5-13)28-14(2)19(25)24-17-12-15(20(21,22)23)6-9-18(17)27-11-10-26-3/h4-9,12,14H,10-11H2,1-3H3,(H,24,25). The zero-order valence-electron chi connectivity index (χ0n) is 15.8. The van der Waals surface area contributed by atoms with E-state index in [4.69, 9.17) is 14.2 Å². The van der Waals surface area contributed by atoms with Gasteiger partial charge in [-0.15, -0.1) is 0 Å². The molecule has 0 radical (unpaired) electrons. The molecule has 5 nitrogen and oxygen atoms in total. The summed E-state index contributed by atoms with van der Waals surface area (Å²) in [6.45, 7) is 3.80. The highest BCUT2D eigenvalue weighted by Crippen LogP contribution is 2.35. The van der Waals surface area contributed by atoms with Gasteiger partial charge in [0.15, 0.2) is 6.10 Å². The molecule has 0 saturated heterocycles. The highest BCUT2D eigenvalue weighted by molar-refractivity contribution is 5.95. The summed E-state index contributed by atoms with van der Waals surface area (Å²) in [7, 11) is 1.48. The van der Waals surface area contributed by atoms with Crippen LogP contribution in [0.2, 0.25) is 0 Å². The van der Waals surface area contributed by atoms with Gasteiger partial charge in [-0.2, -0.15) is 13.2 Å². The van der Waals surface area contributed by atoms with Crippen LogP contribution in [-0.4, -0.2) is 32.3 Å². The van der Waals surface area contributed by atoms with Crippen molar-refractivity contribution in [1.82, 2.24) is 0 Å². The van der Waals surface area contributed by atoms with Crippen LogP contribution in [0.5, 0.6) is 11.5 Å². The van der Waals surface area contributed by atoms with Gasteiger partial charge in [-0.1, -0.05) is 17.7 Å². The Bertz CT molecular complexity index is 791. The summed E-state index contributed by atoms with van der Waals surface area (Å²) in [5, 5.41) is 2.45. The van der Waals surface area contributed by atoms with E-state index in [0.29, 0.717) is 5.75 Å². The van der Waals surface area contributed by atoms with E-state index in [0.717, 1.165) is 17.7 Å². The van der Waals surface area contributed by atoms with Crippen molar-refractivity contribution in [3.8, 4) is 11.5 Å². The number of hydrogen-bond acceptors (Lipinski definition) is 4. The monoisotopic (exact) mass is 397 g/mol. The maximum absolute atomic E-state index is 13.0. The van der Waals surface area contributed by atoms with E-state index in [1.54, 1.807) is 12.1 Å². The molecular weight excluding hydrogens is 375 g/mol. The van der Waals surface area contributed by atoms with Crippen LogP contribution in [-0.2, 0) is 15.7 Å². The Hall–Kier alpha value is -2.74. The Balaban J connectivity index is 2.15. The Labute approximate surface area is 161 Å². The van der Waals surface area contributed by atoms with Gasteiger partial charge in [-0.25, -0.2) is 0 Å². The highest BCUT2D eigenvalue weighted by atomic mass is 19.4. The van der Waals surface area contributed by atoms with Crippen molar-refractivity contribution in [2.24, 2.45) is 0 Å². The second-order valence-corrected chi connectivity index (χ2v) is 6.11. The zero-order valence-corrected chi connectivity index (χ0v) is 15.8. The molecule has 28 heavy (non-hydrogen) atoms. The Morgan fingerprint density at radius 1 is 1.11 bits per heavy atom. The van der Waals surface area contributed by atoms with Crippen LogP contribution in [0.4, 0.5) is 18.9 Å². The van der Waals surface area contributed by atoms with Crippen LogP contribution in [0, 0.1) is 6.92 Å². The van der Waals surface area contributed by atoms with Crippen molar-refractivity contribution in [3.63, 3.8) is 0 Å². The number of benzene rings is 2. The Kier molecular flexibility index (Phi) is 7.28. The largest absolute Gasteiger partial charge is 0.489 e. The van der Waals surface area contributed by atoms with Crippen molar-refractivity contribution >= 4 is 11.6 Å². The minimum Gasteiger partial charge on any atom is -0.489 e. The Morgan fingerprint density at radius 3 is 2.39 bits per heavy atom. The molecule has 1 N–H and O–H groups in total. The van der Waals surface area contributed by atoms with E-state index in [1.165, 1.54) is 20.1 Å². The number of rotatable bonds is 8. The predicted molar refractivity (Wildman–Crippen MR) is 98.7 cm³/mol. The molecule has 0 bridgehead atoms. The van der Waals surface area contributed by atoms with Gasteiger partial charge in [0.05, 0.1) is 17.9 Å². The first-order valence-electron chi connectivity index (χ1n) is 8.58. The lowest BCUT2D eigenvalue weighted by Crippen LogP contribution is -2.30. The second-order valence-electron chi connectivity index (χ2n) is 6.11. The zero-order chi connectivity index (χ0) is 20.7. The summed E-state index contributed by atoms with van der Waals surface area (Å²) < 4.78 is 54.9. The Morgan fingerprint density at radius 2 is 1.79 bits per heavy atom. The van der Waals surface area contributed by atoms with Gasteiger partial charge in [0, 0.05) is 7.11 Å². The number of halogens is 3. The number of ether oxygens (including phenoxy) is 3. The van der Waals surface area contributed by atoms with Crippen molar-refractivity contribution in [2.45, 2.75) is 26.1 Å². The lowest BCUT2D eigenvalue weighted by atomic mass is 10.1. The summed E-state index contributed by atoms with van der Waals surface area (Å²) in [6.07, 6.45) is -5.47. The van der Waals surface area contributed by atoms with Gasteiger partial charge >= 0.3 is 6.18 Å². The molecule has 2 aromatic carbocycles. The molecule has 0 fully saturated rings. The third-order valence-electron chi connectivity index (χ3n) is 3.81. The first-order valence-corrected chi connectivity index (χ1v) is 8.58. The topological polar surface area (TPSA) is 56.8 Å². The van der Waals surface area contributed by atoms with Gasteiger partial charge in [-0.3, -0.25) is 4.79 Å². The van der Waals surface area contributed by atoms with Crippen LogP contribution < -0.4 is 14.8 Å². The van der Waals surface area contributed by atoms with Crippen LogP contribution in [0.1, 0.15) is 18.1 Å². The van der Waals surface area contributed by atoms with Crippen LogP contribution in [0.3, 0.4) is 0 Å². The number of carbonyl (C=O) groups is 1. The maximum atomic E-state index is 13.0. The summed E-state index contributed by atoms with van der Waals surface area (Å²) in [4.78, 5) is 12.4. The fraction of sp³-hybridized carbons (Fsp3) is 0.350. The van der Waals surface area contributed by atoms with E-state index < -0.39 is 23.8 Å². The number of nitrogens with one attached hydrogen (secondary N) is 1. The van der Waals surface area contributed by atoms with Crippen molar-refractivity contribution in [3.05, 3.63) is 53.6 Å². The molecular formula is C20H22F3NO4. The molecule has 1 atom stereocenters. The summed E-state index contributed by atoms with van der Waals surface area (Å²) in [6, 6.07) is 9.97. The number of anilines is 1. The van der Waals surface area contributed by atoms with E-state index in [9.17, 15) is 18.0 Å². The molecule has 0 aliphatic rings. The fourth-order valence-electron chi connectivity index (χ4n) is 2.27. The minimum atomic E-state index is -4.55. The van der Waals surface area contributed by atoms with Crippen LogP contribution in [0.15, 0.2) is 42.5 Å². The molecule has 0 spiro atoms. The SMILES string of the molecule is COCCOc1ccc(C(F)(F)F)cc1NC(=O)C(C)Oc1ccc(C)cc1. The average Bonchev–Trinajstić information content (AvgIpc) is 2.64. The molecule has 0 aliphatic heterocycles. The third-order valence-corrected chi connectivity index (χ3v) is 3.81. The highest BCUT2D eigenvalue weighted by Gasteiger charge is 2.31. The second kappa shape index (κ2) is 9.45.